The SMILES string of the molecule is OC[C@H]1[C@H](OCc2ccccc2)[C@@H](OCc2ccccc2)[C@H](OCc2ccccc2)[C@@H](COCc2ccccc2)C1(F)F. The molecule has 7 heteroatoms. The van der Waals surface area contributed by atoms with Gasteiger partial charge in [-0.3, -0.25) is 0 Å². The average Bonchev–Trinajstić information content (AvgIpc) is 3.05. The van der Waals surface area contributed by atoms with Gasteiger partial charge in [-0.25, -0.2) is 8.78 Å². The molecule has 0 bridgehead atoms. The van der Waals surface area contributed by atoms with Gasteiger partial charge < -0.3 is 24.1 Å². The van der Waals surface area contributed by atoms with Crippen LogP contribution in [-0.4, -0.2) is 42.6 Å². The molecule has 1 aliphatic carbocycles. The maximum Gasteiger partial charge on any atom is 0.263 e. The van der Waals surface area contributed by atoms with Crippen LogP contribution in [0.3, 0.4) is 0 Å². The molecule has 4 aromatic rings. The lowest BCUT2D eigenvalue weighted by Crippen LogP contribution is -2.65. The minimum Gasteiger partial charge on any atom is -0.396 e. The van der Waals surface area contributed by atoms with E-state index in [0.717, 1.165) is 22.3 Å². The summed E-state index contributed by atoms with van der Waals surface area (Å²) < 4.78 is 57.9. The topological polar surface area (TPSA) is 57.2 Å². The first kappa shape index (κ1) is 31.0. The van der Waals surface area contributed by atoms with Crippen LogP contribution in [0.1, 0.15) is 22.3 Å². The molecule has 1 saturated carbocycles. The van der Waals surface area contributed by atoms with E-state index in [1.807, 2.05) is 121 Å². The van der Waals surface area contributed by atoms with Crippen molar-refractivity contribution in [3.05, 3.63) is 144 Å². The fourth-order valence-corrected chi connectivity index (χ4v) is 5.58. The second kappa shape index (κ2) is 15.3. The number of halogens is 2. The van der Waals surface area contributed by atoms with Gasteiger partial charge in [-0.1, -0.05) is 121 Å². The number of hydrogen-bond acceptors (Lipinski definition) is 5. The molecule has 1 fully saturated rings. The number of alkyl halides is 2. The third kappa shape index (κ3) is 8.13. The Kier molecular flexibility index (Phi) is 11.0. The highest BCUT2D eigenvalue weighted by Gasteiger charge is 2.62. The summed E-state index contributed by atoms with van der Waals surface area (Å²) in [5.74, 6) is -6.30. The average molecular weight is 589 g/mol. The van der Waals surface area contributed by atoms with Crippen molar-refractivity contribution in [2.75, 3.05) is 13.2 Å². The second-order valence-corrected chi connectivity index (χ2v) is 10.9. The number of benzene rings is 4. The van der Waals surface area contributed by atoms with E-state index in [9.17, 15) is 5.11 Å². The molecule has 0 saturated heterocycles. The number of ether oxygens (including phenoxy) is 4. The van der Waals surface area contributed by atoms with Crippen molar-refractivity contribution in [2.24, 2.45) is 11.8 Å². The Labute approximate surface area is 252 Å². The molecule has 0 aromatic heterocycles. The molecule has 0 radical (unpaired) electrons. The molecular weight excluding hydrogens is 550 g/mol. The van der Waals surface area contributed by atoms with E-state index in [1.54, 1.807) is 0 Å². The first-order valence-electron chi connectivity index (χ1n) is 14.6. The molecule has 43 heavy (non-hydrogen) atoms. The van der Waals surface area contributed by atoms with E-state index in [2.05, 4.69) is 0 Å². The Hall–Kier alpha value is -3.46. The van der Waals surface area contributed by atoms with E-state index < -0.39 is 42.7 Å². The first-order valence-corrected chi connectivity index (χ1v) is 14.6. The molecule has 5 nitrogen and oxygen atoms in total. The van der Waals surface area contributed by atoms with Gasteiger partial charge >= 0.3 is 0 Å². The molecule has 0 unspecified atom stereocenters. The van der Waals surface area contributed by atoms with Crippen molar-refractivity contribution in [3.8, 4) is 0 Å². The van der Waals surface area contributed by atoms with Gasteiger partial charge in [0.1, 0.15) is 6.10 Å². The maximum absolute atomic E-state index is 16.5. The second-order valence-electron chi connectivity index (χ2n) is 10.9. The van der Waals surface area contributed by atoms with E-state index >= 15 is 8.78 Å². The minimum absolute atomic E-state index is 0.0872. The zero-order chi connectivity index (χ0) is 29.9. The van der Waals surface area contributed by atoms with Crippen LogP contribution in [0.4, 0.5) is 8.78 Å². The van der Waals surface area contributed by atoms with Gasteiger partial charge in [-0.2, -0.15) is 0 Å². The molecular formula is C36H38F2O5. The van der Waals surface area contributed by atoms with Crippen LogP contribution < -0.4 is 0 Å². The van der Waals surface area contributed by atoms with Crippen LogP contribution in [0.2, 0.25) is 0 Å². The summed E-state index contributed by atoms with van der Waals surface area (Å²) in [6, 6.07) is 37.8. The van der Waals surface area contributed by atoms with Crippen LogP contribution in [0, 0.1) is 11.8 Å². The van der Waals surface area contributed by atoms with Gasteiger partial charge in [0, 0.05) is 0 Å². The van der Waals surface area contributed by atoms with Gasteiger partial charge in [0.25, 0.3) is 5.92 Å². The van der Waals surface area contributed by atoms with Crippen LogP contribution >= 0.6 is 0 Å². The summed E-state index contributed by atoms with van der Waals surface area (Å²) in [7, 11) is 0. The fourth-order valence-electron chi connectivity index (χ4n) is 5.58. The number of rotatable bonds is 14. The maximum atomic E-state index is 16.5. The Bertz CT molecular complexity index is 1340. The summed E-state index contributed by atoms with van der Waals surface area (Å²) in [5, 5.41) is 10.4. The minimum atomic E-state index is -3.37. The van der Waals surface area contributed by atoms with Crippen molar-refractivity contribution in [2.45, 2.75) is 50.7 Å². The zero-order valence-electron chi connectivity index (χ0n) is 24.0. The first-order chi connectivity index (χ1) is 21.1. The van der Waals surface area contributed by atoms with Crippen molar-refractivity contribution in [1.82, 2.24) is 0 Å². The van der Waals surface area contributed by atoms with E-state index in [0.29, 0.717) is 0 Å². The Balaban J connectivity index is 1.46. The third-order valence-corrected chi connectivity index (χ3v) is 7.89. The van der Waals surface area contributed by atoms with E-state index in [4.69, 9.17) is 18.9 Å². The monoisotopic (exact) mass is 588 g/mol. The molecule has 1 aliphatic rings. The molecule has 1 N–H and O–H groups in total. The predicted octanol–water partition coefficient (Wildman–Crippen LogP) is 6.83. The highest BCUT2D eigenvalue weighted by Crippen LogP contribution is 2.47. The van der Waals surface area contributed by atoms with Crippen molar-refractivity contribution in [3.63, 3.8) is 0 Å². The predicted molar refractivity (Wildman–Crippen MR) is 160 cm³/mol. The van der Waals surface area contributed by atoms with Gasteiger partial charge in [-0.15, -0.1) is 0 Å². The molecule has 5 rings (SSSR count). The zero-order valence-corrected chi connectivity index (χ0v) is 24.0. The molecule has 4 aromatic carbocycles. The fraction of sp³-hybridized carbons (Fsp3) is 0.333. The van der Waals surface area contributed by atoms with E-state index in [1.165, 1.54) is 0 Å². The standard InChI is InChI=1S/C36H38F2O5/c37-36(38)31(21-39)33(41-23-28-15-7-2-8-16-28)35(43-25-30-19-11-4-12-20-30)34(42-24-29-17-9-3-10-18-29)32(36)26-40-22-27-13-5-1-6-14-27/h1-20,31-35,39H,21-26H2/t31-,32+,33-,34+,35+/m0/s1. The molecule has 0 spiro atoms. The number of aliphatic hydroxyl groups excluding tert-OH is 1. The quantitative estimate of drug-likeness (QED) is 0.175. The normalized spacial score (nSPS) is 23.2. The third-order valence-electron chi connectivity index (χ3n) is 7.89. The summed E-state index contributed by atoms with van der Waals surface area (Å²) in [4.78, 5) is 0. The molecule has 5 atom stereocenters. The van der Waals surface area contributed by atoms with Gasteiger partial charge in [0.05, 0.1) is 63.7 Å². The summed E-state index contributed by atoms with van der Waals surface area (Å²) >= 11 is 0. The van der Waals surface area contributed by atoms with Crippen LogP contribution in [0.5, 0.6) is 0 Å². The number of hydrogen-bond donors (Lipinski definition) is 1. The van der Waals surface area contributed by atoms with Crippen molar-refractivity contribution in [1.29, 1.82) is 0 Å². The number of aliphatic hydroxyl groups is 1. The smallest absolute Gasteiger partial charge is 0.263 e. The highest BCUT2D eigenvalue weighted by molar-refractivity contribution is 5.17. The molecule has 0 aliphatic heterocycles. The summed E-state index contributed by atoms with van der Waals surface area (Å²) in [6.07, 6.45) is -3.14. The molecule has 0 amide bonds. The van der Waals surface area contributed by atoms with Crippen LogP contribution in [0.15, 0.2) is 121 Å². The Morgan fingerprint density at radius 3 is 1.23 bits per heavy atom. The van der Waals surface area contributed by atoms with Gasteiger partial charge in [0.15, 0.2) is 0 Å². The summed E-state index contributed by atoms with van der Waals surface area (Å²) in [5.41, 5.74) is 3.45. The van der Waals surface area contributed by atoms with E-state index in [-0.39, 0.29) is 33.0 Å². The highest BCUT2D eigenvalue weighted by atomic mass is 19.3. The molecule has 0 heterocycles. The Morgan fingerprint density at radius 1 is 0.488 bits per heavy atom. The van der Waals surface area contributed by atoms with Crippen LogP contribution in [-0.2, 0) is 45.4 Å². The van der Waals surface area contributed by atoms with Crippen molar-refractivity contribution < 1.29 is 32.8 Å². The van der Waals surface area contributed by atoms with Crippen LogP contribution in [0.25, 0.3) is 0 Å². The van der Waals surface area contributed by atoms with Gasteiger partial charge in [-0.05, 0) is 22.3 Å². The summed E-state index contributed by atoms with van der Waals surface area (Å²) in [6.45, 7) is -0.525. The lowest BCUT2D eigenvalue weighted by Gasteiger charge is -2.50. The largest absolute Gasteiger partial charge is 0.396 e. The Morgan fingerprint density at radius 2 is 0.837 bits per heavy atom. The van der Waals surface area contributed by atoms with Crippen molar-refractivity contribution >= 4 is 0 Å². The molecule has 226 valence electrons. The lowest BCUT2D eigenvalue weighted by atomic mass is 9.72. The lowest BCUT2D eigenvalue weighted by molar-refractivity contribution is -0.293. The van der Waals surface area contributed by atoms with Gasteiger partial charge in [0.2, 0.25) is 0 Å².